The molecule has 0 N–H and O–H groups in total. The molecule has 0 aliphatic carbocycles. The lowest BCUT2D eigenvalue weighted by Gasteiger charge is -2.50. The molecule has 1 aliphatic heterocycles. The number of allylic oxidation sites excluding steroid dienone is 1. The minimum absolute atomic E-state index is 0.135. The van der Waals surface area contributed by atoms with E-state index in [-0.39, 0.29) is 5.54 Å². The highest BCUT2D eigenvalue weighted by atomic mass is 35.5. The molecule has 0 saturated heterocycles. The molecule has 0 unspecified atom stereocenters. The fourth-order valence-corrected chi connectivity index (χ4v) is 4.73. The van der Waals surface area contributed by atoms with E-state index in [0.29, 0.717) is 22.6 Å². The third-order valence-electron chi connectivity index (χ3n) is 5.38. The molecule has 2 nitrogen and oxygen atoms in total. The first kappa shape index (κ1) is 19.5. The van der Waals surface area contributed by atoms with Crippen molar-refractivity contribution in [1.82, 2.24) is 0 Å². The normalized spacial score (nSPS) is 19.0. The molecule has 3 rings (SSSR count). The number of nitrogens with zero attached hydrogens (tertiary/aromatic N) is 2. The van der Waals surface area contributed by atoms with E-state index in [9.17, 15) is 5.26 Å². The Morgan fingerprint density at radius 1 is 1.26 bits per heavy atom. The fourth-order valence-electron chi connectivity index (χ4n) is 4.54. The van der Waals surface area contributed by atoms with E-state index in [1.54, 1.807) is 0 Å². The number of hydrogen-bond donors (Lipinski definition) is 0. The molecule has 1 heterocycles. The standard InChI is InChI=1S/C24H27ClN2/c1-16(2)27-23-10-9-18(12-22(23)17(3)14-24(27,4)5)11-20(15-26)19-7-6-8-21(25)13-19/h6-13,16-17H,14H2,1-5H3/b20-11-/t17-/m1/s1. The Hall–Kier alpha value is -2.24. The summed E-state index contributed by atoms with van der Waals surface area (Å²) in [6.07, 6.45) is 3.07. The predicted molar refractivity (Wildman–Crippen MR) is 116 cm³/mol. The second-order valence-corrected chi connectivity index (χ2v) is 8.82. The van der Waals surface area contributed by atoms with Crippen LogP contribution in [-0.2, 0) is 0 Å². The summed E-state index contributed by atoms with van der Waals surface area (Å²) in [5, 5.41) is 10.3. The smallest absolute Gasteiger partial charge is 0.0998 e. The SMILES string of the molecule is CC(C)N1c2ccc(/C=C(/C#N)c3cccc(Cl)c3)cc2[C@H](C)CC1(C)C. The summed E-state index contributed by atoms with van der Waals surface area (Å²) in [6.45, 7) is 11.5. The van der Waals surface area contributed by atoms with Gasteiger partial charge in [0.05, 0.1) is 11.6 Å². The van der Waals surface area contributed by atoms with Crippen LogP contribution in [0.2, 0.25) is 5.02 Å². The van der Waals surface area contributed by atoms with E-state index in [2.05, 4.69) is 63.8 Å². The summed E-state index contributed by atoms with van der Waals surface area (Å²) in [5.41, 5.74) is 5.34. The molecule has 1 atom stereocenters. The summed E-state index contributed by atoms with van der Waals surface area (Å²) < 4.78 is 0. The zero-order chi connectivity index (χ0) is 19.8. The molecule has 0 bridgehead atoms. The second-order valence-electron chi connectivity index (χ2n) is 8.38. The van der Waals surface area contributed by atoms with E-state index >= 15 is 0 Å². The molecule has 0 amide bonds. The number of rotatable bonds is 3. The minimum Gasteiger partial charge on any atom is -0.364 e. The quantitative estimate of drug-likeness (QED) is 0.428. The Labute approximate surface area is 168 Å². The van der Waals surface area contributed by atoms with Gasteiger partial charge in [-0.1, -0.05) is 36.7 Å². The Bertz CT molecular complexity index is 918. The Morgan fingerprint density at radius 3 is 2.63 bits per heavy atom. The van der Waals surface area contributed by atoms with Crippen molar-refractivity contribution in [3.63, 3.8) is 0 Å². The second kappa shape index (κ2) is 7.41. The molecule has 2 aromatic rings. The van der Waals surface area contributed by atoms with Gasteiger partial charge in [0.25, 0.3) is 0 Å². The van der Waals surface area contributed by atoms with Gasteiger partial charge in [0, 0.05) is 22.3 Å². The van der Waals surface area contributed by atoms with Gasteiger partial charge < -0.3 is 4.90 Å². The van der Waals surface area contributed by atoms with Gasteiger partial charge in [-0.3, -0.25) is 0 Å². The van der Waals surface area contributed by atoms with Gasteiger partial charge in [-0.25, -0.2) is 0 Å². The summed E-state index contributed by atoms with van der Waals surface area (Å²) in [6, 6.07) is 16.8. The molecular weight excluding hydrogens is 352 g/mol. The topological polar surface area (TPSA) is 27.0 Å². The molecule has 27 heavy (non-hydrogen) atoms. The van der Waals surface area contributed by atoms with Crippen molar-refractivity contribution in [1.29, 1.82) is 5.26 Å². The lowest BCUT2D eigenvalue weighted by Crippen LogP contribution is -2.51. The zero-order valence-corrected chi connectivity index (χ0v) is 17.5. The molecular formula is C24H27ClN2. The molecule has 140 valence electrons. The maximum absolute atomic E-state index is 9.64. The van der Waals surface area contributed by atoms with Crippen LogP contribution in [0.1, 0.15) is 63.6 Å². The van der Waals surface area contributed by atoms with Crippen molar-refractivity contribution in [2.24, 2.45) is 0 Å². The Kier molecular flexibility index (Phi) is 5.36. The van der Waals surface area contributed by atoms with E-state index in [1.807, 2.05) is 30.3 Å². The van der Waals surface area contributed by atoms with Crippen LogP contribution >= 0.6 is 11.6 Å². The van der Waals surface area contributed by atoms with E-state index in [4.69, 9.17) is 11.6 Å². The van der Waals surface area contributed by atoms with E-state index in [0.717, 1.165) is 17.5 Å². The third kappa shape index (κ3) is 3.89. The van der Waals surface area contributed by atoms with Crippen LogP contribution in [0.4, 0.5) is 5.69 Å². The summed E-state index contributed by atoms with van der Waals surface area (Å²) in [5.74, 6) is 0.482. The average molecular weight is 379 g/mol. The van der Waals surface area contributed by atoms with Gasteiger partial charge in [0.15, 0.2) is 0 Å². The van der Waals surface area contributed by atoms with Gasteiger partial charge in [-0.05, 0) is 87.1 Å². The van der Waals surface area contributed by atoms with Gasteiger partial charge in [-0.2, -0.15) is 5.26 Å². The highest BCUT2D eigenvalue weighted by Crippen LogP contribution is 2.44. The number of anilines is 1. The number of fused-ring (bicyclic) bond motifs is 1. The van der Waals surface area contributed by atoms with Crippen molar-refractivity contribution >= 4 is 28.9 Å². The van der Waals surface area contributed by atoms with Gasteiger partial charge >= 0.3 is 0 Å². The lowest BCUT2D eigenvalue weighted by molar-refractivity contribution is 0.356. The maximum atomic E-state index is 9.64. The molecule has 0 spiro atoms. The summed E-state index contributed by atoms with van der Waals surface area (Å²) in [4.78, 5) is 2.53. The maximum Gasteiger partial charge on any atom is 0.0998 e. The van der Waals surface area contributed by atoms with Crippen molar-refractivity contribution in [3.8, 4) is 6.07 Å². The molecule has 0 saturated carbocycles. The first-order valence-corrected chi connectivity index (χ1v) is 9.92. The van der Waals surface area contributed by atoms with Gasteiger partial charge in [0.1, 0.15) is 0 Å². The van der Waals surface area contributed by atoms with E-state index in [1.165, 1.54) is 11.3 Å². The van der Waals surface area contributed by atoms with Crippen LogP contribution in [0.25, 0.3) is 11.6 Å². The van der Waals surface area contributed by atoms with Crippen LogP contribution in [-0.4, -0.2) is 11.6 Å². The lowest BCUT2D eigenvalue weighted by atomic mass is 9.78. The summed E-state index contributed by atoms with van der Waals surface area (Å²) in [7, 11) is 0. The molecule has 2 aromatic carbocycles. The monoisotopic (exact) mass is 378 g/mol. The van der Waals surface area contributed by atoms with Crippen molar-refractivity contribution in [2.45, 2.75) is 58.5 Å². The Morgan fingerprint density at radius 2 is 2.00 bits per heavy atom. The largest absolute Gasteiger partial charge is 0.364 e. The van der Waals surface area contributed by atoms with Crippen molar-refractivity contribution in [2.75, 3.05) is 4.90 Å². The molecule has 0 radical (unpaired) electrons. The van der Waals surface area contributed by atoms with Crippen molar-refractivity contribution in [3.05, 3.63) is 64.2 Å². The minimum atomic E-state index is 0.135. The molecule has 3 heteroatoms. The van der Waals surface area contributed by atoms with Crippen LogP contribution < -0.4 is 4.90 Å². The van der Waals surface area contributed by atoms with Crippen LogP contribution in [0.5, 0.6) is 0 Å². The molecule has 0 aromatic heterocycles. The van der Waals surface area contributed by atoms with Crippen LogP contribution in [0, 0.1) is 11.3 Å². The summed E-state index contributed by atoms with van der Waals surface area (Å²) >= 11 is 6.09. The number of nitriles is 1. The first-order chi connectivity index (χ1) is 12.7. The molecule has 1 aliphatic rings. The van der Waals surface area contributed by atoms with Gasteiger partial charge in [-0.15, -0.1) is 0 Å². The predicted octanol–water partition coefficient (Wildman–Crippen LogP) is 6.90. The zero-order valence-electron chi connectivity index (χ0n) is 16.8. The third-order valence-corrected chi connectivity index (χ3v) is 5.62. The highest BCUT2D eigenvalue weighted by Gasteiger charge is 2.37. The Balaban J connectivity index is 2.06. The fraction of sp³-hybridized carbons (Fsp3) is 0.375. The van der Waals surface area contributed by atoms with E-state index < -0.39 is 0 Å². The van der Waals surface area contributed by atoms with Crippen LogP contribution in [0.3, 0.4) is 0 Å². The first-order valence-electron chi connectivity index (χ1n) is 9.54. The highest BCUT2D eigenvalue weighted by molar-refractivity contribution is 6.30. The van der Waals surface area contributed by atoms with Crippen molar-refractivity contribution < 1.29 is 0 Å². The number of hydrogen-bond acceptors (Lipinski definition) is 2. The number of halogens is 1. The molecule has 0 fully saturated rings. The number of benzene rings is 2. The van der Waals surface area contributed by atoms with Gasteiger partial charge in [0.2, 0.25) is 0 Å². The van der Waals surface area contributed by atoms with Crippen LogP contribution in [0.15, 0.2) is 42.5 Å². The average Bonchev–Trinajstić information content (AvgIpc) is 2.59.